The standard InChI is InChI=1S/C18H27F3N4.HI/c1-22-17(24-13-16-5-3-2-4-6-16)23-10-7-15-8-11-25(12-9-15)14-18(19,20)21;/h2-6,15H,7-14H2,1H3,(H2,22,23,24);1H. The van der Waals surface area contributed by atoms with Gasteiger partial charge < -0.3 is 10.6 Å². The van der Waals surface area contributed by atoms with Crippen LogP contribution in [-0.4, -0.2) is 50.3 Å². The minimum atomic E-state index is -4.09. The topological polar surface area (TPSA) is 39.7 Å². The predicted molar refractivity (Wildman–Crippen MR) is 110 cm³/mol. The number of alkyl halides is 3. The first kappa shape index (κ1) is 23.0. The van der Waals surface area contributed by atoms with E-state index in [0.717, 1.165) is 31.8 Å². The first-order chi connectivity index (χ1) is 12.0. The third kappa shape index (κ3) is 9.07. The highest BCUT2D eigenvalue weighted by Crippen LogP contribution is 2.23. The van der Waals surface area contributed by atoms with Gasteiger partial charge in [0, 0.05) is 20.1 Å². The lowest BCUT2D eigenvalue weighted by Gasteiger charge is -2.32. The summed E-state index contributed by atoms with van der Waals surface area (Å²) < 4.78 is 37.2. The zero-order chi connectivity index (χ0) is 18.1. The van der Waals surface area contributed by atoms with E-state index in [4.69, 9.17) is 0 Å². The van der Waals surface area contributed by atoms with E-state index in [1.54, 1.807) is 7.05 Å². The minimum Gasteiger partial charge on any atom is -0.356 e. The summed E-state index contributed by atoms with van der Waals surface area (Å²) in [4.78, 5) is 5.70. The van der Waals surface area contributed by atoms with Gasteiger partial charge in [0.05, 0.1) is 6.54 Å². The molecule has 1 aromatic carbocycles. The number of piperidine rings is 1. The molecule has 0 saturated carbocycles. The molecule has 8 heteroatoms. The van der Waals surface area contributed by atoms with Crippen molar-refractivity contribution in [3.63, 3.8) is 0 Å². The van der Waals surface area contributed by atoms with Gasteiger partial charge in [0.15, 0.2) is 5.96 Å². The largest absolute Gasteiger partial charge is 0.401 e. The number of hydrogen-bond acceptors (Lipinski definition) is 2. The summed E-state index contributed by atoms with van der Waals surface area (Å²) in [5.41, 5.74) is 1.18. The van der Waals surface area contributed by atoms with E-state index in [1.807, 2.05) is 18.2 Å². The fraction of sp³-hybridized carbons (Fsp3) is 0.611. The Morgan fingerprint density at radius 3 is 2.38 bits per heavy atom. The molecular formula is C18H28F3IN4. The van der Waals surface area contributed by atoms with Gasteiger partial charge in [-0.15, -0.1) is 24.0 Å². The van der Waals surface area contributed by atoms with Crippen molar-refractivity contribution < 1.29 is 13.2 Å². The van der Waals surface area contributed by atoms with E-state index in [-0.39, 0.29) is 24.0 Å². The van der Waals surface area contributed by atoms with Crippen LogP contribution in [0.25, 0.3) is 0 Å². The van der Waals surface area contributed by atoms with Crippen LogP contribution in [0, 0.1) is 5.92 Å². The fourth-order valence-corrected chi connectivity index (χ4v) is 3.08. The first-order valence-electron chi connectivity index (χ1n) is 8.74. The number of guanidine groups is 1. The Kier molecular flexibility index (Phi) is 10.3. The molecule has 0 bridgehead atoms. The van der Waals surface area contributed by atoms with Crippen molar-refractivity contribution in [2.24, 2.45) is 10.9 Å². The Labute approximate surface area is 170 Å². The number of rotatable bonds is 6. The lowest BCUT2D eigenvalue weighted by molar-refractivity contribution is -0.148. The second kappa shape index (κ2) is 11.6. The molecule has 0 amide bonds. The van der Waals surface area contributed by atoms with Crippen LogP contribution in [-0.2, 0) is 6.54 Å². The normalized spacial score (nSPS) is 16.8. The Bertz CT molecular complexity index is 529. The lowest BCUT2D eigenvalue weighted by Crippen LogP contribution is -2.41. The summed E-state index contributed by atoms with van der Waals surface area (Å²) in [7, 11) is 1.73. The molecule has 0 aliphatic carbocycles. The highest BCUT2D eigenvalue weighted by molar-refractivity contribution is 14.0. The Hall–Kier alpha value is -1.03. The number of hydrogen-bond donors (Lipinski definition) is 2. The average molecular weight is 484 g/mol. The van der Waals surface area contributed by atoms with Crippen molar-refractivity contribution in [1.82, 2.24) is 15.5 Å². The summed E-state index contributed by atoms with van der Waals surface area (Å²) in [6.07, 6.45) is -1.49. The second-order valence-electron chi connectivity index (χ2n) is 6.46. The number of benzene rings is 1. The van der Waals surface area contributed by atoms with Crippen LogP contribution in [0.1, 0.15) is 24.8 Å². The van der Waals surface area contributed by atoms with E-state index in [2.05, 4.69) is 27.8 Å². The number of nitrogens with one attached hydrogen (secondary N) is 2. The Morgan fingerprint density at radius 2 is 1.81 bits per heavy atom. The van der Waals surface area contributed by atoms with E-state index >= 15 is 0 Å². The van der Waals surface area contributed by atoms with Crippen molar-refractivity contribution in [3.8, 4) is 0 Å². The molecule has 0 radical (unpaired) electrons. The van der Waals surface area contributed by atoms with E-state index < -0.39 is 12.7 Å². The van der Waals surface area contributed by atoms with Gasteiger partial charge in [0.1, 0.15) is 0 Å². The quantitative estimate of drug-likeness (QED) is 0.368. The zero-order valence-corrected chi connectivity index (χ0v) is 17.4. The molecule has 0 aromatic heterocycles. The van der Waals surface area contributed by atoms with Gasteiger partial charge in [0.25, 0.3) is 0 Å². The van der Waals surface area contributed by atoms with Gasteiger partial charge >= 0.3 is 6.18 Å². The molecule has 0 spiro atoms. The van der Waals surface area contributed by atoms with Crippen molar-refractivity contribution >= 4 is 29.9 Å². The molecule has 1 aromatic rings. The molecule has 2 N–H and O–H groups in total. The van der Waals surface area contributed by atoms with Gasteiger partial charge in [-0.1, -0.05) is 30.3 Å². The number of aliphatic imine (C=N–C) groups is 1. The van der Waals surface area contributed by atoms with Crippen LogP contribution in [0.2, 0.25) is 0 Å². The van der Waals surface area contributed by atoms with Crippen molar-refractivity contribution in [2.75, 3.05) is 33.2 Å². The van der Waals surface area contributed by atoms with Crippen LogP contribution < -0.4 is 10.6 Å². The maximum absolute atomic E-state index is 12.4. The highest BCUT2D eigenvalue weighted by Gasteiger charge is 2.32. The molecule has 148 valence electrons. The van der Waals surface area contributed by atoms with Crippen molar-refractivity contribution in [3.05, 3.63) is 35.9 Å². The average Bonchev–Trinajstić information content (AvgIpc) is 2.59. The molecule has 1 heterocycles. The summed E-state index contributed by atoms with van der Waals surface area (Å²) in [5, 5.41) is 6.54. The maximum Gasteiger partial charge on any atom is 0.401 e. The van der Waals surface area contributed by atoms with Gasteiger partial charge in [-0.2, -0.15) is 13.2 Å². The zero-order valence-electron chi connectivity index (χ0n) is 15.1. The third-order valence-electron chi connectivity index (χ3n) is 4.48. The number of nitrogens with zero attached hydrogens (tertiary/aromatic N) is 2. The molecule has 1 aliphatic rings. The molecule has 1 aliphatic heterocycles. The summed E-state index contributed by atoms with van der Waals surface area (Å²) >= 11 is 0. The molecule has 1 saturated heterocycles. The van der Waals surface area contributed by atoms with Gasteiger partial charge in [-0.05, 0) is 43.8 Å². The summed E-state index contributed by atoms with van der Waals surface area (Å²) in [6, 6.07) is 10.1. The molecular weight excluding hydrogens is 456 g/mol. The van der Waals surface area contributed by atoms with Crippen LogP contribution in [0.5, 0.6) is 0 Å². The SMILES string of the molecule is CN=C(NCCC1CCN(CC(F)(F)F)CC1)NCc1ccccc1.I. The summed E-state index contributed by atoms with van der Waals surface area (Å²) in [6.45, 7) is 1.76. The third-order valence-corrected chi connectivity index (χ3v) is 4.48. The Balaban J connectivity index is 0.00000338. The predicted octanol–water partition coefficient (Wildman–Crippen LogP) is 3.63. The molecule has 0 unspecified atom stereocenters. The Morgan fingerprint density at radius 1 is 1.15 bits per heavy atom. The maximum atomic E-state index is 12.4. The van der Waals surface area contributed by atoms with Crippen LogP contribution in [0.15, 0.2) is 35.3 Å². The lowest BCUT2D eigenvalue weighted by atomic mass is 9.93. The second-order valence-corrected chi connectivity index (χ2v) is 6.46. The van der Waals surface area contributed by atoms with Gasteiger partial charge in [-0.3, -0.25) is 9.89 Å². The number of halogens is 4. The van der Waals surface area contributed by atoms with E-state index in [0.29, 0.717) is 25.6 Å². The smallest absolute Gasteiger partial charge is 0.356 e. The molecule has 26 heavy (non-hydrogen) atoms. The van der Waals surface area contributed by atoms with Crippen LogP contribution in [0.3, 0.4) is 0 Å². The monoisotopic (exact) mass is 484 g/mol. The molecule has 0 atom stereocenters. The number of likely N-dealkylation sites (tertiary alicyclic amines) is 1. The minimum absolute atomic E-state index is 0. The van der Waals surface area contributed by atoms with Crippen molar-refractivity contribution in [1.29, 1.82) is 0 Å². The molecule has 2 rings (SSSR count). The fourth-order valence-electron chi connectivity index (χ4n) is 3.08. The molecule has 1 fully saturated rings. The van der Waals surface area contributed by atoms with Crippen LogP contribution >= 0.6 is 24.0 Å². The van der Waals surface area contributed by atoms with Crippen molar-refractivity contribution in [2.45, 2.75) is 32.0 Å². The van der Waals surface area contributed by atoms with E-state index in [1.165, 1.54) is 10.5 Å². The highest BCUT2D eigenvalue weighted by atomic mass is 127. The van der Waals surface area contributed by atoms with Gasteiger partial charge in [0.2, 0.25) is 0 Å². The van der Waals surface area contributed by atoms with E-state index in [9.17, 15) is 13.2 Å². The first-order valence-corrected chi connectivity index (χ1v) is 8.74. The molecule has 4 nitrogen and oxygen atoms in total. The summed E-state index contributed by atoms with van der Waals surface area (Å²) in [5.74, 6) is 1.22. The van der Waals surface area contributed by atoms with Gasteiger partial charge in [-0.25, -0.2) is 0 Å². The van der Waals surface area contributed by atoms with Crippen LogP contribution in [0.4, 0.5) is 13.2 Å².